The SMILES string of the molecule is CSCCC(CN)N(Cc1cccs1)C1CC1. The standard InChI is InChI=1S/C13H22N2S2/c1-16-8-6-12(9-14)15(11-4-5-11)10-13-3-2-7-17-13/h2-3,7,11-12H,4-6,8-10,14H2,1H3. The Morgan fingerprint density at radius 2 is 2.41 bits per heavy atom. The maximum absolute atomic E-state index is 5.96. The summed E-state index contributed by atoms with van der Waals surface area (Å²) in [5.41, 5.74) is 5.96. The van der Waals surface area contributed by atoms with E-state index in [1.54, 1.807) is 0 Å². The normalized spacial score (nSPS) is 17.6. The van der Waals surface area contributed by atoms with Crippen LogP contribution in [0.5, 0.6) is 0 Å². The zero-order chi connectivity index (χ0) is 12.1. The molecule has 17 heavy (non-hydrogen) atoms. The summed E-state index contributed by atoms with van der Waals surface area (Å²) in [5.74, 6) is 1.22. The number of rotatable bonds is 8. The third kappa shape index (κ3) is 3.98. The highest BCUT2D eigenvalue weighted by atomic mass is 32.2. The van der Waals surface area contributed by atoms with Crippen LogP contribution in [0.25, 0.3) is 0 Å². The first-order valence-corrected chi connectivity index (χ1v) is 8.59. The summed E-state index contributed by atoms with van der Waals surface area (Å²) in [6.45, 7) is 1.89. The van der Waals surface area contributed by atoms with Crippen LogP contribution in [0.3, 0.4) is 0 Å². The average Bonchev–Trinajstić information content (AvgIpc) is 3.06. The molecule has 1 aromatic rings. The van der Waals surface area contributed by atoms with Crippen molar-refractivity contribution >= 4 is 23.1 Å². The van der Waals surface area contributed by atoms with E-state index in [4.69, 9.17) is 5.73 Å². The first kappa shape index (κ1) is 13.4. The monoisotopic (exact) mass is 270 g/mol. The van der Waals surface area contributed by atoms with Crippen molar-refractivity contribution < 1.29 is 0 Å². The highest BCUT2D eigenvalue weighted by Gasteiger charge is 2.33. The Balaban J connectivity index is 1.94. The van der Waals surface area contributed by atoms with E-state index < -0.39 is 0 Å². The molecule has 4 heteroatoms. The van der Waals surface area contributed by atoms with Crippen LogP contribution in [-0.4, -0.2) is 35.5 Å². The molecule has 2 nitrogen and oxygen atoms in total. The van der Waals surface area contributed by atoms with Gasteiger partial charge in [-0.25, -0.2) is 0 Å². The molecular weight excluding hydrogens is 248 g/mol. The molecule has 1 atom stereocenters. The van der Waals surface area contributed by atoms with Crippen molar-refractivity contribution in [3.05, 3.63) is 22.4 Å². The molecule has 1 heterocycles. The minimum absolute atomic E-state index is 0.567. The zero-order valence-corrected chi connectivity index (χ0v) is 12.1. The van der Waals surface area contributed by atoms with Gasteiger partial charge in [-0.15, -0.1) is 11.3 Å². The Morgan fingerprint density at radius 1 is 1.59 bits per heavy atom. The third-order valence-electron chi connectivity index (χ3n) is 3.33. The number of thiophene rings is 1. The van der Waals surface area contributed by atoms with Crippen LogP contribution in [0.1, 0.15) is 24.1 Å². The van der Waals surface area contributed by atoms with Crippen LogP contribution in [0.4, 0.5) is 0 Å². The van der Waals surface area contributed by atoms with Crippen molar-refractivity contribution in [1.82, 2.24) is 4.90 Å². The van der Waals surface area contributed by atoms with E-state index in [1.165, 1.54) is 29.9 Å². The molecule has 0 amide bonds. The topological polar surface area (TPSA) is 29.3 Å². The number of hydrogen-bond donors (Lipinski definition) is 1. The lowest BCUT2D eigenvalue weighted by Crippen LogP contribution is -2.41. The molecule has 0 radical (unpaired) electrons. The van der Waals surface area contributed by atoms with E-state index in [0.29, 0.717) is 6.04 Å². The third-order valence-corrected chi connectivity index (χ3v) is 4.84. The van der Waals surface area contributed by atoms with Gasteiger partial charge in [-0.1, -0.05) is 6.07 Å². The van der Waals surface area contributed by atoms with E-state index >= 15 is 0 Å². The molecule has 0 spiro atoms. The van der Waals surface area contributed by atoms with Gasteiger partial charge in [-0.3, -0.25) is 4.90 Å². The Labute approximate surface area is 113 Å². The molecule has 96 valence electrons. The molecule has 1 aliphatic rings. The fourth-order valence-corrected chi connectivity index (χ4v) is 3.44. The van der Waals surface area contributed by atoms with Crippen molar-refractivity contribution in [2.45, 2.75) is 37.9 Å². The Kier molecular flexibility index (Phi) is 5.35. The maximum atomic E-state index is 5.96. The summed E-state index contributed by atoms with van der Waals surface area (Å²) in [7, 11) is 0. The second-order valence-electron chi connectivity index (χ2n) is 4.65. The molecule has 1 aliphatic carbocycles. The van der Waals surface area contributed by atoms with Gasteiger partial charge in [0, 0.05) is 30.1 Å². The molecule has 1 fully saturated rings. The summed E-state index contributed by atoms with van der Waals surface area (Å²) in [6.07, 6.45) is 6.12. The van der Waals surface area contributed by atoms with Gasteiger partial charge < -0.3 is 5.73 Å². The van der Waals surface area contributed by atoms with Gasteiger partial charge in [0.05, 0.1) is 0 Å². The van der Waals surface area contributed by atoms with Crippen molar-refractivity contribution in [3.8, 4) is 0 Å². The quantitative estimate of drug-likeness (QED) is 0.787. The Morgan fingerprint density at radius 3 is 2.94 bits per heavy atom. The van der Waals surface area contributed by atoms with Gasteiger partial charge in [0.15, 0.2) is 0 Å². The zero-order valence-electron chi connectivity index (χ0n) is 10.5. The summed E-state index contributed by atoms with van der Waals surface area (Å²) >= 11 is 3.78. The minimum Gasteiger partial charge on any atom is -0.329 e. The van der Waals surface area contributed by atoms with Crippen LogP contribution in [-0.2, 0) is 6.54 Å². The second-order valence-corrected chi connectivity index (χ2v) is 6.67. The van der Waals surface area contributed by atoms with Crippen molar-refractivity contribution in [2.24, 2.45) is 5.73 Å². The number of nitrogens with zero attached hydrogens (tertiary/aromatic N) is 1. The smallest absolute Gasteiger partial charge is 0.0334 e. The molecule has 2 rings (SSSR count). The molecular formula is C13H22N2S2. The second kappa shape index (κ2) is 6.78. The molecule has 1 aromatic heterocycles. The summed E-state index contributed by atoms with van der Waals surface area (Å²) in [6, 6.07) is 5.75. The lowest BCUT2D eigenvalue weighted by molar-refractivity contribution is 0.179. The largest absolute Gasteiger partial charge is 0.329 e. The lowest BCUT2D eigenvalue weighted by Gasteiger charge is -2.30. The molecule has 0 aliphatic heterocycles. The molecule has 0 saturated heterocycles. The van der Waals surface area contributed by atoms with Gasteiger partial charge in [-0.2, -0.15) is 11.8 Å². The van der Waals surface area contributed by atoms with Crippen molar-refractivity contribution in [1.29, 1.82) is 0 Å². The van der Waals surface area contributed by atoms with Gasteiger partial charge in [0.2, 0.25) is 0 Å². The van der Waals surface area contributed by atoms with Crippen LogP contribution in [0.2, 0.25) is 0 Å². The fraction of sp³-hybridized carbons (Fsp3) is 0.692. The maximum Gasteiger partial charge on any atom is 0.0334 e. The molecule has 1 unspecified atom stereocenters. The van der Waals surface area contributed by atoms with Crippen LogP contribution in [0.15, 0.2) is 17.5 Å². The van der Waals surface area contributed by atoms with Crippen LogP contribution >= 0.6 is 23.1 Å². The van der Waals surface area contributed by atoms with Crippen molar-refractivity contribution in [2.75, 3.05) is 18.6 Å². The van der Waals surface area contributed by atoms with Gasteiger partial charge in [0.25, 0.3) is 0 Å². The van der Waals surface area contributed by atoms with E-state index in [0.717, 1.165) is 19.1 Å². The van der Waals surface area contributed by atoms with Crippen molar-refractivity contribution in [3.63, 3.8) is 0 Å². The number of hydrogen-bond acceptors (Lipinski definition) is 4. The molecule has 2 N–H and O–H groups in total. The first-order chi connectivity index (χ1) is 8.35. The summed E-state index contributed by atoms with van der Waals surface area (Å²) < 4.78 is 0. The predicted octanol–water partition coefficient (Wildman–Crippen LogP) is 2.79. The van der Waals surface area contributed by atoms with Gasteiger partial charge in [-0.05, 0) is 42.7 Å². The predicted molar refractivity (Wildman–Crippen MR) is 78.7 cm³/mol. The van der Waals surface area contributed by atoms with Crippen LogP contribution in [0, 0.1) is 0 Å². The van der Waals surface area contributed by atoms with Gasteiger partial charge in [0.1, 0.15) is 0 Å². The Hall–Kier alpha value is -0.0300. The number of thioether (sulfide) groups is 1. The highest BCUT2D eigenvalue weighted by molar-refractivity contribution is 7.98. The average molecular weight is 270 g/mol. The summed E-state index contributed by atoms with van der Waals surface area (Å²) in [4.78, 5) is 4.11. The van der Waals surface area contributed by atoms with Crippen LogP contribution < -0.4 is 5.73 Å². The molecule has 1 saturated carbocycles. The molecule has 0 aromatic carbocycles. The first-order valence-electron chi connectivity index (χ1n) is 6.32. The van der Waals surface area contributed by atoms with E-state index in [1.807, 2.05) is 23.1 Å². The van der Waals surface area contributed by atoms with E-state index in [9.17, 15) is 0 Å². The number of nitrogens with two attached hydrogens (primary N) is 1. The molecule has 0 bridgehead atoms. The summed E-state index contributed by atoms with van der Waals surface area (Å²) in [5, 5.41) is 2.17. The lowest BCUT2D eigenvalue weighted by atomic mass is 10.2. The van der Waals surface area contributed by atoms with E-state index in [-0.39, 0.29) is 0 Å². The van der Waals surface area contributed by atoms with E-state index in [2.05, 4.69) is 28.7 Å². The fourth-order valence-electron chi connectivity index (χ4n) is 2.22. The van der Waals surface area contributed by atoms with Gasteiger partial charge >= 0.3 is 0 Å². The minimum atomic E-state index is 0.567. The highest BCUT2D eigenvalue weighted by Crippen LogP contribution is 2.31. The Bertz CT molecular complexity index is 309.